The zero-order valence-electron chi connectivity index (χ0n) is 9.00. The van der Waals surface area contributed by atoms with E-state index < -0.39 is 11.9 Å². The van der Waals surface area contributed by atoms with E-state index in [1.165, 1.54) is 0 Å². The van der Waals surface area contributed by atoms with Gasteiger partial charge in [0.05, 0.1) is 12.8 Å². The lowest BCUT2D eigenvalue weighted by Gasteiger charge is -1.89. The molecule has 1 rings (SSSR count). The Morgan fingerprint density at radius 2 is 1.35 bits per heavy atom. The van der Waals surface area contributed by atoms with Crippen LogP contribution in [-0.2, 0) is 9.59 Å². The van der Waals surface area contributed by atoms with Crippen LogP contribution in [0.25, 0.3) is 0 Å². The molecule has 1 aromatic carbocycles. The first kappa shape index (κ1) is 14.6. The van der Waals surface area contributed by atoms with Gasteiger partial charge in [-0.3, -0.25) is 14.4 Å². The normalized spacial score (nSPS) is 8.71. The first-order valence-electron chi connectivity index (χ1n) is 4.72. The highest BCUT2D eigenvalue weighted by molar-refractivity contribution is 5.92. The molecular weight excluding hydrogens is 226 g/mol. The summed E-state index contributed by atoms with van der Waals surface area (Å²) >= 11 is 0. The number of rotatable bonds is 4. The third-order valence-corrected chi connectivity index (χ3v) is 1.61. The highest BCUT2D eigenvalue weighted by atomic mass is 16.4. The summed E-state index contributed by atoms with van der Waals surface area (Å²) in [6.45, 7) is 0. The number of hydrogen-bond donors (Lipinski definition) is 3. The molecule has 1 amide bonds. The highest BCUT2D eigenvalue weighted by Crippen LogP contribution is 1.94. The monoisotopic (exact) mass is 239 g/mol. The number of nitrogens with two attached hydrogens (primary N) is 1. The second-order valence-corrected chi connectivity index (χ2v) is 3.02. The number of carboxylic acids is 2. The van der Waals surface area contributed by atoms with Gasteiger partial charge >= 0.3 is 11.9 Å². The first-order chi connectivity index (χ1) is 7.93. The minimum Gasteiger partial charge on any atom is -0.481 e. The number of aliphatic carboxylic acids is 2. The van der Waals surface area contributed by atoms with Crippen molar-refractivity contribution in [3.63, 3.8) is 0 Å². The van der Waals surface area contributed by atoms with Gasteiger partial charge in [0.2, 0.25) is 5.91 Å². The standard InChI is InChI=1S/C7H7NO.C4H6O4/c8-7(9)6-4-2-1-3-5-6;5-3(6)1-2-4(7)8/h1-5H,(H2,8,9);1-2H2,(H,5,6)(H,7,8). The Kier molecular flexibility index (Phi) is 6.77. The SMILES string of the molecule is NC(=O)c1ccccc1.O=C(O)CCC(=O)O. The van der Waals surface area contributed by atoms with E-state index in [0.29, 0.717) is 5.56 Å². The summed E-state index contributed by atoms with van der Waals surface area (Å²) in [4.78, 5) is 29.7. The number of amides is 1. The molecular formula is C11H13NO5. The molecule has 0 radical (unpaired) electrons. The molecule has 0 aliphatic heterocycles. The van der Waals surface area contributed by atoms with Crippen molar-refractivity contribution in [2.75, 3.05) is 0 Å². The Hall–Kier alpha value is -2.37. The molecule has 0 aromatic heterocycles. The topological polar surface area (TPSA) is 118 Å². The summed E-state index contributed by atoms with van der Waals surface area (Å²) in [6, 6.07) is 8.76. The molecule has 0 saturated carbocycles. The minimum atomic E-state index is -1.08. The van der Waals surface area contributed by atoms with Crippen LogP contribution in [0.4, 0.5) is 0 Å². The van der Waals surface area contributed by atoms with Crippen LogP contribution in [0.15, 0.2) is 30.3 Å². The summed E-state index contributed by atoms with van der Waals surface area (Å²) in [5, 5.41) is 15.8. The van der Waals surface area contributed by atoms with Crippen LogP contribution in [0.5, 0.6) is 0 Å². The lowest BCUT2D eigenvalue weighted by atomic mass is 10.2. The predicted molar refractivity (Wildman–Crippen MR) is 59.5 cm³/mol. The third-order valence-electron chi connectivity index (χ3n) is 1.61. The number of carboxylic acid groups (broad SMARTS) is 2. The molecule has 17 heavy (non-hydrogen) atoms. The van der Waals surface area contributed by atoms with Gasteiger partial charge in [-0.2, -0.15) is 0 Å². The van der Waals surface area contributed by atoms with E-state index >= 15 is 0 Å². The Morgan fingerprint density at radius 1 is 0.941 bits per heavy atom. The average molecular weight is 239 g/mol. The van der Waals surface area contributed by atoms with Crippen molar-refractivity contribution < 1.29 is 24.6 Å². The number of carbonyl (C=O) groups excluding carboxylic acids is 1. The van der Waals surface area contributed by atoms with Crippen molar-refractivity contribution in [1.29, 1.82) is 0 Å². The Morgan fingerprint density at radius 3 is 1.59 bits per heavy atom. The van der Waals surface area contributed by atoms with Crippen LogP contribution in [-0.4, -0.2) is 28.1 Å². The van der Waals surface area contributed by atoms with Crippen molar-refractivity contribution in [3.8, 4) is 0 Å². The van der Waals surface area contributed by atoms with E-state index in [2.05, 4.69) is 0 Å². The maximum atomic E-state index is 10.4. The molecule has 92 valence electrons. The van der Waals surface area contributed by atoms with Gasteiger partial charge in [-0.25, -0.2) is 0 Å². The molecule has 0 atom stereocenters. The summed E-state index contributed by atoms with van der Waals surface area (Å²) in [5.74, 6) is -2.53. The van der Waals surface area contributed by atoms with Gasteiger partial charge in [-0.1, -0.05) is 18.2 Å². The Balaban J connectivity index is 0.000000304. The molecule has 0 saturated heterocycles. The molecule has 4 N–H and O–H groups in total. The Labute approximate surface area is 97.7 Å². The molecule has 0 spiro atoms. The number of benzene rings is 1. The lowest BCUT2D eigenvalue weighted by molar-refractivity contribution is -0.143. The highest BCUT2D eigenvalue weighted by Gasteiger charge is 2.00. The summed E-state index contributed by atoms with van der Waals surface area (Å²) in [7, 11) is 0. The maximum absolute atomic E-state index is 10.4. The van der Waals surface area contributed by atoms with Gasteiger partial charge in [0, 0.05) is 5.56 Å². The van der Waals surface area contributed by atoms with Gasteiger partial charge in [-0.15, -0.1) is 0 Å². The van der Waals surface area contributed by atoms with Crippen LogP contribution in [0.2, 0.25) is 0 Å². The van der Waals surface area contributed by atoms with Crippen molar-refractivity contribution in [1.82, 2.24) is 0 Å². The third kappa shape index (κ3) is 8.61. The van der Waals surface area contributed by atoms with E-state index in [0.717, 1.165) is 0 Å². The summed E-state index contributed by atoms with van der Waals surface area (Å²) in [6.07, 6.45) is -0.593. The zero-order chi connectivity index (χ0) is 13.3. The predicted octanol–water partition coefficient (Wildman–Crippen LogP) is 0.721. The Bertz CT molecular complexity index is 374. The fourth-order valence-electron chi connectivity index (χ4n) is 0.816. The van der Waals surface area contributed by atoms with Crippen molar-refractivity contribution in [2.24, 2.45) is 5.73 Å². The summed E-state index contributed by atoms with van der Waals surface area (Å²) in [5.41, 5.74) is 5.53. The van der Waals surface area contributed by atoms with Crippen LogP contribution < -0.4 is 5.73 Å². The van der Waals surface area contributed by atoms with E-state index in [1.54, 1.807) is 24.3 Å². The average Bonchev–Trinajstić information content (AvgIpc) is 2.28. The zero-order valence-corrected chi connectivity index (χ0v) is 9.00. The molecule has 6 heteroatoms. The largest absolute Gasteiger partial charge is 0.481 e. The minimum absolute atomic E-state index is 0.296. The number of hydrogen-bond acceptors (Lipinski definition) is 3. The lowest BCUT2D eigenvalue weighted by Crippen LogP contribution is -2.09. The smallest absolute Gasteiger partial charge is 0.303 e. The molecule has 0 aliphatic carbocycles. The first-order valence-corrected chi connectivity index (χ1v) is 4.72. The van der Waals surface area contributed by atoms with Gasteiger partial charge in [0.15, 0.2) is 0 Å². The second kappa shape index (κ2) is 7.86. The number of carbonyl (C=O) groups is 3. The summed E-state index contributed by atoms with van der Waals surface area (Å²) < 4.78 is 0. The molecule has 0 heterocycles. The second-order valence-electron chi connectivity index (χ2n) is 3.02. The molecule has 1 aromatic rings. The van der Waals surface area contributed by atoms with Crippen molar-refractivity contribution in [2.45, 2.75) is 12.8 Å². The fourth-order valence-corrected chi connectivity index (χ4v) is 0.816. The van der Waals surface area contributed by atoms with Crippen LogP contribution >= 0.6 is 0 Å². The van der Waals surface area contributed by atoms with Crippen molar-refractivity contribution in [3.05, 3.63) is 35.9 Å². The molecule has 0 unspecified atom stereocenters. The van der Waals surface area contributed by atoms with E-state index in [9.17, 15) is 14.4 Å². The maximum Gasteiger partial charge on any atom is 0.303 e. The number of primary amides is 1. The van der Waals surface area contributed by atoms with E-state index in [-0.39, 0.29) is 18.7 Å². The molecule has 6 nitrogen and oxygen atoms in total. The van der Waals surface area contributed by atoms with Gasteiger partial charge < -0.3 is 15.9 Å². The fraction of sp³-hybridized carbons (Fsp3) is 0.182. The molecule has 0 aliphatic rings. The molecule has 0 bridgehead atoms. The van der Waals surface area contributed by atoms with Gasteiger partial charge in [0.25, 0.3) is 0 Å². The van der Waals surface area contributed by atoms with Crippen LogP contribution in [0.3, 0.4) is 0 Å². The van der Waals surface area contributed by atoms with E-state index in [1.807, 2.05) is 6.07 Å². The van der Waals surface area contributed by atoms with E-state index in [4.69, 9.17) is 15.9 Å². The quantitative estimate of drug-likeness (QED) is 0.715. The van der Waals surface area contributed by atoms with Crippen LogP contribution in [0, 0.1) is 0 Å². The van der Waals surface area contributed by atoms with Gasteiger partial charge in [0.1, 0.15) is 0 Å². The van der Waals surface area contributed by atoms with Gasteiger partial charge in [-0.05, 0) is 12.1 Å². The molecule has 0 fully saturated rings. The van der Waals surface area contributed by atoms with Crippen LogP contribution in [0.1, 0.15) is 23.2 Å². The van der Waals surface area contributed by atoms with Crippen molar-refractivity contribution >= 4 is 17.8 Å².